The molecule has 5 rings (SSSR count). The average molecular weight is 1140 g/mol. The molecule has 3 aromatic carbocycles. The molecule has 450 valence electrons. The van der Waals surface area contributed by atoms with Crippen molar-refractivity contribution in [2.45, 2.75) is 150 Å². The first kappa shape index (κ1) is 66.4. The molecule has 1 atom stereocenters. The van der Waals surface area contributed by atoms with Gasteiger partial charge in [0.2, 0.25) is 0 Å². The van der Waals surface area contributed by atoms with Gasteiger partial charge in [0.05, 0.1) is 38.4 Å². The van der Waals surface area contributed by atoms with Crippen molar-refractivity contribution < 1.29 is 60.8 Å². The zero-order chi connectivity index (χ0) is 59.8. The molecule has 0 radical (unpaired) electrons. The highest BCUT2D eigenvalue weighted by atomic mass is 19.4. The van der Waals surface area contributed by atoms with Gasteiger partial charge in [-0.3, -0.25) is 43.7 Å². The maximum absolute atomic E-state index is 15.2. The number of carbonyl (C=O) groups excluding carboxylic acids is 4. The molecule has 2 heterocycles. The predicted molar refractivity (Wildman–Crippen MR) is 310 cm³/mol. The highest BCUT2D eigenvalue weighted by molar-refractivity contribution is 5.79. The van der Waals surface area contributed by atoms with Crippen LogP contribution in [0.15, 0.2) is 60.7 Å². The van der Waals surface area contributed by atoms with E-state index in [1.807, 2.05) is 137 Å². The molecule has 2 fully saturated rings. The quantitative estimate of drug-likeness (QED) is 0.0486. The van der Waals surface area contributed by atoms with Crippen LogP contribution in [0.25, 0.3) is 23.3 Å². The Hall–Kier alpha value is -5.37. The number of esters is 4. The van der Waals surface area contributed by atoms with Crippen molar-refractivity contribution in [2.75, 3.05) is 105 Å². The van der Waals surface area contributed by atoms with Crippen LogP contribution in [0.3, 0.4) is 0 Å². The third kappa shape index (κ3) is 24.2. The van der Waals surface area contributed by atoms with Crippen LogP contribution < -0.4 is 4.74 Å². The molecule has 0 amide bonds. The van der Waals surface area contributed by atoms with E-state index in [4.69, 9.17) is 28.4 Å². The molecule has 81 heavy (non-hydrogen) atoms. The summed E-state index contributed by atoms with van der Waals surface area (Å²) in [7, 11) is 0. The summed E-state index contributed by atoms with van der Waals surface area (Å²) in [5.41, 5.74) is 0.280. The number of hydrogen-bond donors (Lipinski definition) is 0. The minimum absolute atomic E-state index is 0.0162. The fourth-order valence-corrected chi connectivity index (χ4v) is 9.71. The average Bonchev–Trinajstić information content (AvgIpc) is 3.35. The number of alkyl halides is 3. The molecule has 0 bridgehead atoms. The monoisotopic (exact) mass is 1140 g/mol. The van der Waals surface area contributed by atoms with Gasteiger partial charge in [-0.05, 0) is 149 Å². The number of carbonyl (C=O) groups is 4. The van der Waals surface area contributed by atoms with E-state index in [2.05, 4.69) is 4.90 Å². The summed E-state index contributed by atoms with van der Waals surface area (Å²) in [4.78, 5) is 63.3. The minimum atomic E-state index is -4.71. The normalized spacial score (nSPS) is 17.8. The topological polar surface area (TPSA) is 140 Å². The predicted octanol–water partition coefficient (Wildman–Crippen LogP) is 10.2. The van der Waals surface area contributed by atoms with Crippen LogP contribution in [-0.4, -0.2) is 182 Å². The SMILES string of the molecule is Cc1c(/C=C/c2cc(OCCOCCN3CCN(CC(=O)OC(C)(C)C)CCN(CC(=O)OC(C)(C)C)CCN(CC(=O)OC(C)(C)C)CC3)c(CN3CCCC[C@H]3C(=O)OC(C)(C)C)cc2C(F)(F)F)cccc1-c1ccccc1. The van der Waals surface area contributed by atoms with Gasteiger partial charge in [-0.15, -0.1) is 0 Å². The first-order chi connectivity index (χ1) is 37.8. The molecule has 2 aliphatic heterocycles. The number of rotatable bonds is 19. The first-order valence-corrected chi connectivity index (χ1v) is 28.6. The molecule has 0 spiro atoms. The van der Waals surface area contributed by atoms with Gasteiger partial charge in [-0.1, -0.05) is 67.1 Å². The number of benzene rings is 3. The molecule has 0 aliphatic carbocycles. The van der Waals surface area contributed by atoms with Crippen molar-refractivity contribution in [3.05, 3.63) is 88.5 Å². The molecular weight excluding hydrogens is 1040 g/mol. The van der Waals surface area contributed by atoms with Crippen LogP contribution in [0, 0.1) is 6.92 Å². The van der Waals surface area contributed by atoms with Crippen LogP contribution in [0.4, 0.5) is 13.2 Å². The molecule has 0 aromatic heterocycles. The lowest BCUT2D eigenvalue weighted by Gasteiger charge is -2.36. The maximum atomic E-state index is 15.2. The Labute approximate surface area is 480 Å². The van der Waals surface area contributed by atoms with Gasteiger partial charge >= 0.3 is 30.1 Å². The molecule has 0 saturated carbocycles. The third-order valence-corrected chi connectivity index (χ3v) is 13.4. The molecular formula is C63H92F3N5O10. The summed E-state index contributed by atoms with van der Waals surface area (Å²) < 4.78 is 81.2. The van der Waals surface area contributed by atoms with Gasteiger partial charge in [0.25, 0.3) is 0 Å². The minimum Gasteiger partial charge on any atom is -0.491 e. The second kappa shape index (κ2) is 29.7. The molecule has 0 N–H and O–H groups in total. The number of hydrogen-bond acceptors (Lipinski definition) is 15. The number of nitrogens with zero attached hydrogens (tertiary/aromatic N) is 5. The lowest BCUT2D eigenvalue weighted by molar-refractivity contribution is -0.163. The van der Waals surface area contributed by atoms with E-state index in [0.29, 0.717) is 71.9 Å². The van der Waals surface area contributed by atoms with E-state index in [0.717, 1.165) is 41.2 Å². The highest BCUT2D eigenvalue weighted by Crippen LogP contribution is 2.39. The molecule has 0 unspecified atom stereocenters. The van der Waals surface area contributed by atoms with E-state index in [1.54, 1.807) is 26.8 Å². The Morgan fingerprint density at radius 3 is 1.54 bits per heavy atom. The summed E-state index contributed by atoms with van der Waals surface area (Å²) in [6.45, 7) is 29.0. The van der Waals surface area contributed by atoms with E-state index in [9.17, 15) is 19.2 Å². The first-order valence-electron chi connectivity index (χ1n) is 28.6. The Balaban J connectivity index is 1.37. The van der Waals surface area contributed by atoms with Crippen molar-refractivity contribution in [1.29, 1.82) is 0 Å². The number of likely N-dealkylation sites (tertiary alicyclic amines) is 1. The number of ether oxygens (including phenoxy) is 6. The fourth-order valence-electron chi connectivity index (χ4n) is 9.71. The molecule has 2 saturated heterocycles. The second-order valence-electron chi connectivity index (χ2n) is 25.2. The Kier molecular flexibility index (Phi) is 24.4. The van der Waals surface area contributed by atoms with Crippen molar-refractivity contribution in [1.82, 2.24) is 24.5 Å². The van der Waals surface area contributed by atoms with Crippen molar-refractivity contribution in [3.63, 3.8) is 0 Å². The van der Waals surface area contributed by atoms with Crippen LogP contribution in [-0.2, 0) is 55.6 Å². The fraction of sp³-hybridized carbons (Fsp3) is 0.619. The summed E-state index contributed by atoms with van der Waals surface area (Å²) in [5, 5.41) is 0. The van der Waals surface area contributed by atoms with Crippen molar-refractivity contribution in [3.8, 4) is 16.9 Å². The van der Waals surface area contributed by atoms with Crippen LogP contribution in [0.2, 0.25) is 0 Å². The van der Waals surface area contributed by atoms with Gasteiger partial charge in [-0.25, -0.2) is 0 Å². The van der Waals surface area contributed by atoms with E-state index >= 15 is 13.2 Å². The molecule has 2 aliphatic rings. The lowest BCUT2D eigenvalue weighted by Crippen LogP contribution is -2.49. The third-order valence-electron chi connectivity index (χ3n) is 13.4. The molecule has 15 nitrogen and oxygen atoms in total. The van der Waals surface area contributed by atoms with E-state index in [1.165, 1.54) is 12.1 Å². The zero-order valence-electron chi connectivity index (χ0n) is 50.6. The summed E-state index contributed by atoms with van der Waals surface area (Å²) >= 11 is 0. The smallest absolute Gasteiger partial charge is 0.417 e. The maximum Gasteiger partial charge on any atom is 0.417 e. The van der Waals surface area contributed by atoms with Gasteiger partial charge in [0.1, 0.15) is 40.8 Å². The van der Waals surface area contributed by atoms with Gasteiger partial charge in [0, 0.05) is 71.0 Å². The second-order valence-corrected chi connectivity index (χ2v) is 25.2. The lowest BCUT2D eigenvalue weighted by atomic mass is 9.95. The standard InChI is InChI=1S/C63H92F3N5O10/c1-46-47(22-19-23-51(46)48-20-15-14-16-21-48)25-26-49-41-54(50(40-52(49)63(64,65)66)42-71-27-18-17-24-53(71)58(75)81-62(11,12)13)77-39-38-76-37-36-67-28-30-68(43-55(72)78-59(2,3)4)32-34-70(45-57(74)80-61(8,9)10)35-33-69(31-29-67)44-56(73)79-60(5,6)7/h14-16,19-23,25-26,40-41,53H,17-18,24,27-39,42-45H2,1-13H3/b26-25+/t53-/m0/s1. The van der Waals surface area contributed by atoms with Crippen molar-refractivity contribution in [2.24, 2.45) is 0 Å². The van der Waals surface area contributed by atoms with Gasteiger partial charge < -0.3 is 28.4 Å². The zero-order valence-corrected chi connectivity index (χ0v) is 50.6. The number of halogens is 3. The highest BCUT2D eigenvalue weighted by Gasteiger charge is 2.37. The van der Waals surface area contributed by atoms with Crippen LogP contribution in [0.1, 0.15) is 130 Å². The Bertz CT molecular complexity index is 2500. The van der Waals surface area contributed by atoms with Gasteiger partial charge in [0.15, 0.2) is 0 Å². The van der Waals surface area contributed by atoms with Crippen LogP contribution in [0.5, 0.6) is 5.75 Å². The summed E-state index contributed by atoms with van der Waals surface area (Å²) in [5.74, 6) is -1.27. The van der Waals surface area contributed by atoms with E-state index < -0.39 is 46.2 Å². The van der Waals surface area contributed by atoms with Crippen LogP contribution >= 0.6 is 0 Å². The summed E-state index contributed by atoms with van der Waals surface area (Å²) in [6.07, 6.45) is 0.543. The van der Waals surface area contributed by atoms with Gasteiger partial charge in [-0.2, -0.15) is 13.2 Å². The molecule has 18 heteroatoms. The Morgan fingerprint density at radius 1 is 0.556 bits per heavy atom. The van der Waals surface area contributed by atoms with E-state index in [-0.39, 0.29) is 80.8 Å². The van der Waals surface area contributed by atoms with Crippen molar-refractivity contribution >= 4 is 36.0 Å². The Morgan fingerprint density at radius 2 is 1.05 bits per heavy atom. The molecule has 3 aromatic rings. The summed E-state index contributed by atoms with van der Waals surface area (Å²) in [6, 6.07) is 17.5. The number of piperidine rings is 1. The largest absolute Gasteiger partial charge is 0.491 e.